The average Bonchev–Trinajstić information content (AvgIpc) is 2.70. The molecule has 2 N–H and O–H groups in total. The van der Waals surface area contributed by atoms with E-state index in [4.69, 9.17) is 9.52 Å². The number of hydrogen-bond acceptors (Lipinski definition) is 3. The van der Waals surface area contributed by atoms with Crippen LogP contribution < -0.4 is 5.32 Å². The molecule has 5 heteroatoms. The summed E-state index contributed by atoms with van der Waals surface area (Å²) in [7, 11) is 0. The van der Waals surface area contributed by atoms with Gasteiger partial charge in [0.15, 0.2) is 0 Å². The first-order chi connectivity index (χ1) is 8.58. The van der Waals surface area contributed by atoms with Crippen LogP contribution >= 0.6 is 15.9 Å². The Morgan fingerprint density at radius 1 is 1.44 bits per heavy atom. The highest BCUT2D eigenvalue weighted by molar-refractivity contribution is 9.10. The summed E-state index contributed by atoms with van der Waals surface area (Å²) in [6.07, 6.45) is 0. The lowest BCUT2D eigenvalue weighted by Gasteiger charge is -2.05. The van der Waals surface area contributed by atoms with E-state index in [1.54, 1.807) is 13.0 Å². The summed E-state index contributed by atoms with van der Waals surface area (Å²) in [5.74, 6) is 0.0514. The van der Waals surface area contributed by atoms with Crippen LogP contribution in [0, 0.1) is 6.92 Å². The van der Waals surface area contributed by atoms with E-state index in [1.165, 1.54) is 0 Å². The first-order valence-corrected chi connectivity index (χ1v) is 6.18. The molecule has 0 aliphatic heterocycles. The van der Waals surface area contributed by atoms with Gasteiger partial charge in [-0.3, -0.25) is 0 Å². The number of para-hydroxylation sites is 1. The Morgan fingerprint density at radius 2 is 2.17 bits per heavy atom. The van der Waals surface area contributed by atoms with E-state index >= 15 is 0 Å². The SMILES string of the molecule is Cc1oc(CNc2ccccc2Br)cc1C(=O)O. The Morgan fingerprint density at radius 3 is 2.78 bits per heavy atom. The van der Waals surface area contributed by atoms with E-state index < -0.39 is 5.97 Å². The molecule has 0 atom stereocenters. The summed E-state index contributed by atoms with van der Waals surface area (Å²) in [6, 6.07) is 9.25. The van der Waals surface area contributed by atoms with Gasteiger partial charge in [-0.15, -0.1) is 0 Å². The molecular weight excluding hydrogens is 298 g/mol. The van der Waals surface area contributed by atoms with Crippen LogP contribution in [-0.2, 0) is 6.54 Å². The number of hydrogen-bond donors (Lipinski definition) is 2. The van der Waals surface area contributed by atoms with E-state index in [9.17, 15) is 4.79 Å². The number of carboxylic acids is 1. The molecule has 0 spiro atoms. The van der Waals surface area contributed by atoms with Crippen molar-refractivity contribution >= 4 is 27.6 Å². The van der Waals surface area contributed by atoms with Gasteiger partial charge in [0.1, 0.15) is 17.1 Å². The second-order valence-corrected chi connectivity index (χ2v) is 4.68. The fourth-order valence-electron chi connectivity index (χ4n) is 1.63. The van der Waals surface area contributed by atoms with Crippen LogP contribution in [-0.4, -0.2) is 11.1 Å². The smallest absolute Gasteiger partial charge is 0.339 e. The lowest BCUT2D eigenvalue weighted by atomic mass is 10.2. The van der Waals surface area contributed by atoms with Crippen molar-refractivity contribution in [2.24, 2.45) is 0 Å². The number of furan rings is 1. The molecule has 1 aromatic carbocycles. The topological polar surface area (TPSA) is 62.5 Å². The van der Waals surface area contributed by atoms with Crippen LogP contribution in [0.15, 0.2) is 39.2 Å². The largest absolute Gasteiger partial charge is 0.478 e. The number of carboxylic acid groups (broad SMARTS) is 1. The average molecular weight is 310 g/mol. The molecule has 94 valence electrons. The first-order valence-electron chi connectivity index (χ1n) is 5.39. The predicted octanol–water partition coefficient (Wildman–Crippen LogP) is 3.66. The molecule has 4 nitrogen and oxygen atoms in total. The standard InChI is InChI=1S/C13H12BrNO3/c1-8-10(13(16)17)6-9(18-8)7-15-12-5-3-2-4-11(12)14/h2-6,15H,7H2,1H3,(H,16,17). The molecule has 0 aliphatic rings. The van der Waals surface area contributed by atoms with Crippen molar-refractivity contribution < 1.29 is 14.3 Å². The minimum Gasteiger partial charge on any atom is -0.478 e. The number of nitrogens with one attached hydrogen (secondary N) is 1. The number of benzene rings is 1. The fourth-order valence-corrected chi connectivity index (χ4v) is 2.06. The minimum absolute atomic E-state index is 0.207. The predicted molar refractivity (Wildman–Crippen MR) is 71.9 cm³/mol. The van der Waals surface area contributed by atoms with Crippen molar-refractivity contribution in [3.05, 3.63) is 51.9 Å². The first kappa shape index (κ1) is 12.7. The molecule has 0 saturated carbocycles. The maximum absolute atomic E-state index is 10.9. The third-order valence-corrected chi connectivity index (χ3v) is 3.22. The summed E-state index contributed by atoms with van der Waals surface area (Å²) in [6.45, 7) is 2.09. The van der Waals surface area contributed by atoms with Crippen molar-refractivity contribution in [2.45, 2.75) is 13.5 Å². The molecule has 0 bridgehead atoms. The Bertz CT molecular complexity index is 577. The van der Waals surface area contributed by atoms with Crippen molar-refractivity contribution in [1.82, 2.24) is 0 Å². The maximum Gasteiger partial charge on any atom is 0.339 e. The zero-order valence-corrected chi connectivity index (χ0v) is 11.3. The quantitative estimate of drug-likeness (QED) is 0.904. The van der Waals surface area contributed by atoms with Crippen molar-refractivity contribution in [3.63, 3.8) is 0 Å². The van der Waals surface area contributed by atoms with E-state index in [-0.39, 0.29) is 5.56 Å². The summed E-state index contributed by atoms with van der Waals surface area (Å²) < 4.78 is 6.33. The number of carbonyl (C=O) groups is 1. The zero-order valence-electron chi connectivity index (χ0n) is 9.74. The molecule has 2 aromatic rings. The highest BCUT2D eigenvalue weighted by Crippen LogP contribution is 2.22. The number of rotatable bonds is 4. The maximum atomic E-state index is 10.9. The van der Waals surface area contributed by atoms with Crippen LogP contribution in [0.4, 0.5) is 5.69 Å². The number of aryl methyl sites for hydroxylation is 1. The van der Waals surface area contributed by atoms with Gasteiger partial charge in [-0.2, -0.15) is 0 Å². The van der Waals surface area contributed by atoms with E-state index in [1.807, 2.05) is 24.3 Å². The normalized spacial score (nSPS) is 10.3. The zero-order chi connectivity index (χ0) is 13.1. The third kappa shape index (κ3) is 2.73. The monoisotopic (exact) mass is 309 g/mol. The second-order valence-electron chi connectivity index (χ2n) is 3.82. The highest BCUT2D eigenvalue weighted by atomic mass is 79.9. The molecular formula is C13H12BrNO3. The third-order valence-electron chi connectivity index (χ3n) is 2.53. The minimum atomic E-state index is -0.969. The number of halogens is 1. The van der Waals surface area contributed by atoms with E-state index in [0.29, 0.717) is 18.1 Å². The molecule has 2 rings (SSSR count). The molecule has 0 aliphatic carbocycles. The molecule has 18 heavy (non-hydrogen) atoms. The van der Waals surface area contributed by atoms with Gasteiger partial charge in [0, 0.05) is 10.2 Å². The summed E-state index contributed by atoms with van der Waals surface area (Å²) in [4.78, 5) is 10.9. The van der Waals surface area contributed by atoms with Gasteiger partial charge in [0.25, 0.3) is 0 Å². The molecule has 1 aromatic heterocycles. The van der Waals surface area contributed by atoms with Gasteiger partial charge in [-0.05, 0) is 41.1 Å². The van der Waals surface area contributed by atoms with Crippen LogP contribution in [0.25, 0.3) is 0 Å². The Balaban J connectivity index is 2.09. The van der Waals surface area contributed by atoms with Crippen LogP contribution in [0.3, 0.4) is 0 Å². The van der Waals surface area contributed by atoms with Gasteiger partial charge in [0.05, 0.1) is 6.54 Å². The van der Waals surface area contributed by atoms with Crippen LogP contribution in [0.1, 0.15) is 21.9 Å². The number of anilines is 1. The summed E-state index contributed by atoms with van der Waals surface area (Å²) >= 11 is 3.43. The van der Waals surface area contributed by atoms with Crippen LogP contribution in [0.5, 0.6) is 0 Å². The van der Waals surface area contributed by atoms with Gasteiger partial charge in [-0.1, -0.05) is 12.1 Å². The lowest BCUT2D eigenvalue weighted by molar-refractivity contribution is 0.0695. The van der Waals surface area contributed by atoms with Gasteiger partial charge < -0.3 is 14.8 Å². The molecule has 0 fully saturated rings. The fraction of sp³-hybridized carbons (Fsp3) is 0.154. The second kappa shape index (κ2) is 5.27. The Kier molecular flexibility index (Phi) is 3.72. The van der Waals surface area contributed by atoms with E-state index in [0.717, 1.165) is 10.2 Å². The van der Waals surface area contributed by atoms with Gasteiger partial charge in [-0.25, -0.2) is 4.79 Å². The van der Waals surface area contributed by atoms with Crippen molar-refractivity contribution in [2.75, 3.05) is 5.32 Å². The van der Waals surface area contributed by atoms with Gasteiger partial charge in [0.2, 0.25) is 0 Å². The number of aromatic carboxylic acids is 1. The van der Waals surface area contributed by atoms with Gasteiger partial charge >= 0.3 is 5.97 Å². The molecule has 0 unspecified atom stereocenters. The lowest BCUT2D eigenvalue weighted by Crippen LogP contribution is -1.99. The van der Waals surface area contributed by atoms with Crippen molar-refractivity contribution in [1.29, 1.82) is 0 Å². The highest BCUT2D eigenvalue weighted by Gasteiger charge is 2.13. The summed E-state index contributed by atoms with van der Waals surface area (Å²) in [5.41, 5.74) is 1.14. The summed E-state index contributed by atoms with van der Waals surface area (Å²) in [5, 5.41) is 12.1. The molecule has 0 radical (unpaired) electrons. The molecule has 1 heterocycles. The van der Waals surface area contributed by atoms with E-state index in [2.05, 4.69) is 21.2 Å². The molecule has 0 amide bonds. The Hall–Kier alpha value is -1.75. The van der Waals surface area contributed by atoms with Crippen LogP contribution in [0.2, 0.25) is 0 Å². The van der Waals surface area contributed by atoms with Crippen molar-refractivity contribution in [3.8, 4) is 0 Å². The Labute approximate surface area is 113 Å². The molecule has 0 saturated heterocycles.